The van der Waals surface area contributed by atoms with Crippen molar-refractivity contribution in [2.24, 2.45) is 0 Å². The number of carbonyl (C=O) groups excluding carboxylic acids is 3. The summed E-state index contributed by atoms with van der Waals surface area (Å²) in [7, 11) is 0. The maximum Gasteiger partial charge on any atom is 0.348 e. The van der Waals surface area contributed by atoms with Gasteiger partial charge in [-0.2, -0.15) is 0 Å². The summed E-state index contributed by atoms with van der Waals surface area (Å²) in [5.74, 6) is -0.931. The maximum atomic E-state index is 12.6. The molecule has 0 spiro atoms. The third-order valence-electron chi connectivity index (χ3n) is 5.51. The smallest absolute Gasteiger partial charge is 0.348 e. The minimum Gasteiger partial charge on any atom is -0.462 e. The molecule has 1 aromatic carbocycles. The second-order valence-corrected chi connectivity index (χ2v) is 9.12. The minimum atomic E-state index is -0.504. The molecule has 8 nitrogen and oxygen atoms in total. The fourth-order valence-corrected chi connectivity index (χ4v) is 5.13. The molecule has 1 aliphatic heterocycles. The van der Waals surface area contributed by atoms with Gasteiger partial charge in [-0.25, -0.2) is 9.59 Å². The van der Waals surface area contributed by atoms with Gasteiger partial charge in [-0.05, 0) is 69.7 Å². The molecule has 1 saturated heterocycles. The van der Waals surface area contributed by atoms with Crippen molar-refractivity contribution < 1.29 is 23.9 Å². The monoisotopic (exact) mass is 503 g/mol. The number of hydrogen-bond acceptors (Lipinski definition) is 8. The van der Waals surface area contributed by atoms with Crippen molar-refractivity contribution in [3.05, 3.63) is 45.8 Å². The molecule has 1 N–H and O–H groups in total. The molecular weight excluding hydrogens is 474 g/mol. The van der Waals surface area contributed by atoms with Crippen LogP contribution in [0.2, 0.25) is 0 Å². The second-order valence-electron chi connectivity index (χ2n) is 7.71. The van der Waals surface area contributed by atoms with Crippen LogP contribution in [0, 0.1) is 6.92 Å². The zero-order valence-electron chi connectivity index (χ0n) is 19.8. The molecule has 2 heterocycles. The lowest BCUT2D eigenvalue weighted by molar-refractivity contribution is 0.0527. The Balaban J connectivity index is 1.70. The zero-order chi connectivity index (χ0) is 24.8. The first-order chi connectivity index (χ1) is 16.3. The summed E-state index contributed by atoms with van der Waals surface area (Å²) in [5, 5.41) is 4.12. The van der Waals surface area contributed by atoms with Gasteiger partial charge in [0.05, 0.1) is 18.8 Å². The predicted octanol–water partition coefficient (Wildman–Crippen LogP) is 4.13. The van der Waals surface area contributed by atoms with E-state index in [1.807, 2.05) is 29.2 Å². The van der Waals surface area contributed by atoms with Crippen molar-refractivity contribution in [3.8, 4) is 0 Å². The number of anilines is 2. The third kappa shape index (κ3) is 5.74. The summed E-state index contributed by atoms with van der Waals surface area (Å²) >= 11 is 6.78. The molecule has 0 aliphatic carbocycles. The number of Topliss-reactive ketones (excluding diaryl/α,β-unsaturated/α-hetero) is 1. The number of esters is 2. The van der Waals surface area contributed by atoms with Crippen molar-refractivity contribution in [2.45, 2.75) is 27.7 Å². The van der Waals surface area contributed by atoms with Crippen LogP contribution >= 0.6 is 23.6 Å². The Morgan fingerprint density at radius 2 is 1.59 bits per heavy atom. The number of hydrogen-bond donors (Lipinski definition) is 1. The van der Waals surface area contributed by atoms with E-state index in [0.717, 1.165) is 30.1 Å². The Morgan fingerprint density at radius 1 is 1.00 bits per heavy atom. The molecule has 0 atom stereocenters. The van der Waals surface area contributed by atoms with Crippen LogP contribution in [0.5, 0.6) is 0 Å². The van der Waals surface area contributed by atoms with Crippen molar-refractivity contribution in [2.75, 3.05) is 49.6 Å². The molecular formula is C24H29N3O5S2. The van der Waals surface area contributed by atoms with Crippen molar-refractivity contribution in [1.29, 1.82) is 0 Å². The van der Waals surface area contributed by atoms with Crippen LogP contribution in [-0.4, -0.2) is 67.1 Å². The van der Waals surface area contributed by atoms with E-state index in [2.05, 4.69) is 10.2 Å². The van der Waals surface area contributed by atoms with Gasteiger partial charge in [0.2, 0.25) is 0 Å². The van der Waals surface area contributed by atoms with E-state index in [-0.39, 0.29) is 19.0 Å². The van der Waals surface area contributed by atoms with E-state index < -0.39 is 11.9 Å². The first-order valence-corrected chi connectivity index (χ1v) is 12.4. The van der Waals surface area contributed by atoms with Gasteiger partial charge in [0.15, 0.2) is 10.9 Å². The van der Waals surface area contributed by atoms with E-state index in [1.165, 1.54) is 0 Å². The topological polar surface area (TPSA) is 88.2 Å². The van der Waals surface area contributed by atoms with Crippen LogP contribution in [0.25, 0.3) is 0 Å². The molecule has 3 rings (SSSR count). The number of ether oxygens (including phenoxy) is 2. The Hall–Kier alpha value is -2.98. The fourth-order valence-electron chi connectivity index (χ4n) is 3.69. The average molecular weight is 504 g/mol. The lowest BCUT2D eigenvalue weighted by Gasteiger charge is -2.37. The molecule has 0 bridgehead atoms. The summed E-state index contributed by atoms with van der Waals surface area (Å²) < 4.78 is 10.3. The van der Waals surface area contributed by atoms with Crippen molar-refractivity contribution in [1.82, 2.24) is 4.90 Å². The summed E-state index contributed by atoms with van der Waals surface area (Å²) in [4.78, 5) is 41.1. The molecule has 1 aliphatic rings. The standard InChI is InChI=1S/C24H29N3O5S2/c1-5-31-22(29)19-15(3)20(23(30)32-6-2)34-21(19)25-24(33)27-13-11-26(12-14-27)18-9-7-17(8-10-18)16(4)28/h7-10H,5-6,11-14H2,1-4H3,(H,25,33). The predicted molar refractivity (Wildman–Crippen MR) is 137 cm³/mol. The van der Waals surface area contributed by atoms with Crippen LogP contribution in [-0.2, 0) is 9.47 Å². The zero-order valence-corrected chi connectivity index (χ0v) is 21.4. The Labute approximate surface area is 208 Å². The largest absolute Gasteiger partial charge is 0.462 e. The van der Waals surface area contributed by atoms with Gasteiger partial charge in [-0.1, -0.05) is 0 Å². The normalized spacial score (nSPS) is 13.4. The van der Waals surface area contributed by atoms with Gasteiger partial charge in [0, 0.05) is 37.4 Å². The van der Waals surface area contributed by atoms with Crippen LogP contribution in [0.4, 0.5) is 10.7 Å². The second kappa shape index (κ2) is 11.4. The van der Waals surface area contributed by atoms with E-state index in [1.54, 1.807) is 27.7 Å². The van der Waals surface area contributed by atoms with E-state index >= 15 is 0 Å². The number of nitrogens with zero attached hydrogens (tertiary/aromatic N) is 2. The highest BCUT2D eigenvalue weighted by Crippen LogP contribution is 2.34. The molecule has 0 saturated carbocycles. The highest BCUT2D eigenvalue weighted by Gasteiger charge is 2.28. The van der Waals surface area contributed by atoms with Crippen LogP contribution in [0.1, 0.15) is 56.7 Å². The highest BCUT2D eigenvalue weighted by molar-refractivity contribution is 7.80. The highest BCUT2D eigenvalue weighted by atomic mass is 32.1. The molecule has 0 unspecified atom stereocenters. The number of thiophene rings is 1. The van der Waals surface area contributed by atoms with Gasteiger partial charge in [-0.15, -0.1) is 11.3 Å². The molecule has 0 radical (unpaired) electrons. The van der Waals surface area contributed by atoms with Gasteiger partial charge in [0.1, 0.15) is 9.88 Å². The Bertz CT molecular complexity index is 1070. The summed E-state index contributed by atoms with van der Waals surface area (Å²) in [6.07, 6.45) is 0. The summed E-state index contributed by atoms with van der Waals surface area (Å²) in [5.41, 5.74) is 2.58. The fraction of sp³-hybridized carbons (Fsp3) is 0.417. The lowest BCUT2D eigenvalue weighted by Crippen LogP contribution is -2.50. The molecule has 182 valence electrons. The number of rotatable bonds is 7. The van der Waals surface area contributed by atoms with Gasteiger partial charge in [-0.3, -0.25) is 4.79 Å². The lowest BCUT2D eigenvalue weighted by atomic mass is 10.1. The van der Waals surface area contributed by atoms with Crippen LogP contribution < -0.4 is 10.2 Å². The number of carbonyl (C=O) groups is 3. The number of thiocarbonyl (C=S) groups is 1. The van der Waals surface area contributed by atoms with Crippen LogP contribution in [0.15, 0.2) is 24.3 Å². The number of piperazine rings is 1. The number of nitrogens with one attached hydrogen (secondary N) is 1. The molecule has 1 aromatic heterocycles. The first kappa shape index (κ1) is 25.6. The van der Waals surface area contributed by atoms with E-state index in [4.69, 9.17) is 21.7 Å². The minimum absolute atomic E-state index is 0.0462. The SMILES string of the molecule is CCOC(=O)c1sc(NC(=S)N2CCN(c3ccc(C(C)=O)cc3)CC2)c(C(=O)OCC)c1C. The summed E-state index contributed by atoms with van der Waals surface area (Å²) in [6, 6.07) is 7.60. The molecule has 0 amide bonds. The quantitative estimate of drug-likeness (QED) is 0.340. The average Bonchev–Trinajstić information content (AvgIpc) is 3.15. The number of ketones is 1. The Kier molecular flexibility index (Phi) is 8.62. The van der Waals surface area contributed by atoms with Crippen molar-refractivity contribution >= 4 is 57.1 Å². The first-order valence-electron chi connectivity index (χ1n) is 11.2. The van der Waals surface area contributed by atoms with E-state index in [9.17, 15) is 14.4 Å². The Morgan fingerprint density at radius 3 is 2.15 bits per heavy atom. The van der Waals surface area contributed by atoms with Gasteiger partial charge in [0.25, 0.3) is 0 Å². The molecule has 1 fully saturated rings. The van der Waals surface area contributed by atoms with Gasteiger partial charge >= 0.3 is 11.9 Å². The molecule has 10 heteroatoms. The maximum absolute atomic E-state index is 12.6. The van der Waals surface area contributed by atoms with Gasteiger partial charge < -0.3 is 24.6 Å². The number of benzene rings is 1. The molecule has 2 aromatic rings. The van der Waals surface area contributed by atoms with Crippen molar-refractivity contribution in [3.63, 3.8) is 0 Å². The van der Waals surface area contributed by atoms with E-state index in [0.29, 0.717) is 44.8 Å². The third-order valence-corrected chi connectivity index (χ3v) is 7.06. The summed E-state index contributed by atoms with van der Waals surface area (Å²) in [6.45, 7) is 10.1. The van der Waals surface area contributed by atoms with Crippen LogP contribution in [0.3, 0.4) is 0 Å². The molecule has 34 heavy (non-hydrogen) atoms.